The second-order valence-corrected chi connectivity index (χ2v) is 6.92. The minimum Gasteiger partial charge on any atom is -0.493 e. The molecule has 8 nitrogen and oxygen atoms in total. The molecule has 2 aromatic heterocycles. The van der Waals surface area contributed by atoms with E-state index in [1.54, 1.807) is 14.2 Å². The molecule has 2 N–H and O–H groups in total. The molecule has 0 atom stereocenters. The molecule has 0 bridgehead atoms. The van der Waals surface area contributed by atoms with Crippen LogP contribution >= 0.6 is 0 Å². The zero-order chi connectivity index (χ0) is 21.1. The van der Waals surface area contributed by atoms with E-state index in [2.05, 4.69) is 20.5 Å². The summed E-state index contributed by atoms with van der Waals surface area (Å²) >= 11 is 0. The third-order valence-corrected chi connectivity index (χ3v) is 5.00. The maximum absolute atomic E-state index is 12.7. The molecule has 0 radical (unpaired) electrons. The van der Waals surface area contributed by atoms with Crippen molar-refractivity contribution < 1.29 is 14.3 Å². The van der Waals surface area contributed by atoms with E-state index in [1.165, 1.54) is 0 Å². The van der Waals surface area contributed by atoms with Crippen LogP contribution in [-0.4, -0.2) is 39.9 Å². The van der Waals surface area contributed by atoms with E-state index < -0.39 is 0 Å². The third kappa shape index (κ3) is 3.84. The second-order valence-electron chi connectivity index (χ2n) is 6.92. The van der Waals surface area contributed by atoms with Gasteiger partial charge in [0.15, 0.2) is 11.5 Å². The Bertz CT molecular complexity index is 1190. The normalized spacial score (nSPS) is 10.9. The first-order valence-electron chi connectivity index (χ1n) is 9.56. The smallest absolute Gasteiger partial charge is 0.260 e. The number of H-pyrrole nitrogens is 1. The number of nitrogens with one attached hydrogen (secondary N) is 2. The first-order chi connectivity index (χ1) is 14.6. The van der Waals surface area contributed by atoms with Gasteiger partial charge in [0, 0.05) is 30.6 Å². The molecular weight excluding hydrogens is 382 g/mol. The molecule has 0 aliphatic heterocycles. The van der Waals surface area contributed by atoms with E-state index >= 15 is 0 Å². The SMILES string of the molecule is COc1ccc(CCc2nc(NC(=O)c3cn(C)c4ccccc34)n[nH]2)cc1OC. The number of hydrogen-bond donors (Lipinski definition) is 2. The number of methoxy groups -OCH3 is 2. The molecule has 8 heteroatoms. The number of nitrogens with zero attached hydrogens (tertiary/aromatic N) is 3. The number of benzene rings is 2. The quantitative estimate of drug-likeness (QED) is 0.492. The van der Waals surface area contributed by atoms with Crippen LogP contribution in [0.15, 0.2) is 48.7 Å². The van der Waals surface area contributed by atoms with Crippen LogP contribution in [0, 0.1) is 0 Å². The van der Waals surface area contributed by atoms with Gasteiger partial charge in [-0.1, -0.05) is 24.3 Å². The number of aromatic amines is 1. The van der Waals surface area contributed by atoms with E-state index in [9.17, 15) is 4.79 Å². The van der Waals surface area contributed by atoms with E-state index in [0.29, 0.717) is 29.3 Å². The Hall–Kier alpha value is -3.81. The molecule has 154 valence electrons. The van der Waals surface area contributed by atoms with Crippen molar-refractivity contribution >= 4 is 22.8 Å². The van der Waals surface area contributed by atoms with Crippen LogP contribution in [0.25, 0.3) is 10.9 Å². The fourth-order valence-corrected chi connectivity index (χ4v) is 3.45. The molecule has 4 rings (SSSR count). The summed E-state index contributed by atoms with van der Waals surface area (Å²) in [7, 11) is 5.14. The average molecular weight is 405 g/mol. The summed E-state index contributed by atoms with van der Waals surface area (Å²) in [5.41, 5.74) is 2.67. The topological polar surface area (TPSA) is 94.1 Å². The van der Waals surface area contributed by atoms with Gasteiger partial charge < -0.3 is 14.0 Å². The van der Waals surface area contributed by atoms with Crippen molar-refractivity contribution in [1.82, 2.24) is 19.7 Å². The molecule has 0 saturated heterocycles. The summed E-state index contributed by atoms with van der Waals surface area (Å²) in [6.45, 7) is 0. The first-order valence-corrected chi connectivity index (χ1v) is 9.56. The molecule has 0 unspecified atom stereocenters. The van der Waals surface area contributed by atoms with Crippen molar-refractivity contribution in [2.24, 2.45) is 7.05 Å². The van der Waals surface area contributed by atoms with Crippen molar-refractivity contribution in [2.45, 2.75) is 12.8 Å². The Morgan fingerprint density at radius 1 is 1.10 bits per heavy atom. The van der Waals surface area contributed by atoms with Gasteiger partial charge in [0.2, 0.25) is 5.95 Å². The number of aryl methyl sites for hydroxylation is 3. The maximum Gasteiger partial charge on any atom is 0.260 e. The zero-order valence-corrected chi connectivity index (χ0v) is 17.1. The second kappa shape index (κ2) is 8.28. The van der Waals surface area contributed by atoms with Gasteiger partial charge in [-0.15, -0.1) is 5.10 Å². The van der Waals surface area contributed by atoms with Crippen molar-refractivity contribution in [1.29, 1.82) is 0 Å². The van der Waals surface area contributed by atoms with Gasteiger partial charge in [-0.25, -0.2) is 0 Å². The summed E-state index contributed by atoms with van der Waals surface area (Å²) < 4.78 is 12.5. The molecule has 0 aliphatic rings. The Kier molecular flexibility index (Phi) is 5.38. The number of aromatic nitrogens is 4. The number of hydrogen-bond acceptors (Lipinski definition) is 5. The predicted molar refractivity (Wildman–Crippen MR) is 114 cm³/mol. The van der Waals surface area contributed by atoms with Crippen LogP contribution in [0.1, 0.15) is 21.7 Å². The molecule has 30 heavy (non-hydrogen) atoms. The Balaban J connectivity index is 1.42. The molecular formula is C22H23N5O3. The number of amides is 1. The van der Waals surface area contributed by atoms with Crippen LogP contribution in [0.4, 0.5) is 5.95 Å². The molecule has 2 aromatic carbocycles. The predicted octanol–water partition coefficient (Wildman–Crippen LogP) is 3.35. The molecule has 2 heterocycles. The summed E-state index contributed by atoms with van der Waals surface area (Å²) in [6, 6.07) is 13.6. The highest BCUT2D eigenvalue weighted by molar-refractivity contribution is 6.12. The largest absolute Gasteiger partial charge is 0.493 e. The van der Waals surface area contributed by atoms with Gasteiger partial charge in [-0.3, -0.25) is 15.2 Å². The lowest BCUT2D eigenvalue weighted by Gasteiger charge is -2.09. The molecule has 0 saturated carbocycles. The zero-order valence-electron chi connectivity index (χ0n) is 17.1. The van der Waals surface area contributed by atoms with Crippen LogP contribution in [0.2, 0.25) is 0 Å². The van der Waals surface area contributed by atoms with E-state index in [4.69, 9.17) is 9.47 Å². The summed E-state index contributed by atoms with van der Waals surface area (Å²) in [6.07, 6.45) is 3.20. The van der Waals surface area contributed by atoms with Gasteiger partial charge in [-0.2, -0.15) is 4.98 Å². The number of para-hydroxylation sites is 1. The van der Waals surface area contributed by atoms with Gasteiger partial charge in [0.1, 0.15) is 5.82 Å². The fraction of sp³-hybridized carbons (Fsp3) is 0.227. The summed E-state index contributed by atoms with van der Waals surface area (Å²) in [5.74, 6) is 2.10. The molecule has 4 aromatic rings. The van der Waals surface area contributed by atoms with E-state index in [1.807, 2.05) is 60.3 Å². The van der Waals surface area contributed by atoms with Crippen LogP contribution in [0.5, 0.6) is 11.5 Å². The highest BCUT2D eigenvalue weighted by Crippen LogP contribution is 2.28. The Labute approximate surface area is 173 Å². The lowest BCUT2D eigenvalue weighted by atomic mass is 10.1. The van der Waals surface area contributed by atoms with Crippen molar-refractivity contribution in [3.8, 4) is 11.5 Å². The van der Waals surface area contributed by atoms with Gasteiger partial charge in [0.05, 0.1) is 19.8 Å². The number of rotatable bonds is 7. The number of ether oxygens (including phenoxy) is 2. The maximum atomic E-state index is 12.7. The Morgan fingerprint density at radius 3 is 2.70 bits per heavy atom. The molecule has 0 aliphatic carbocycles. The molecule has 0 fully saturated rings. The van der Waals surface area contributed by atoms with Crippen molar-refractivity contribution in [3.05, 3.63) is 65.6 Å². The number of anilines is 1. The highest BCUT2D eigenvalue weighted by atomic mass is 16.5. The van der Waals surface area contributed by atoms with E-state index in [-0.39, 0.29) is 11.9 Å². The Morgan fingerprint density at radius 2 is 1.90 bits per heavy atom. The lowest BCUT2D eigenvalue weighted by Crippen LogP contribution is -2.12. The van der Waals surface area contributed by atoms with Gasteiger partial charge in [0.25, 0.3) is 5.91 Å². The minimum absolute atomic E-state index is 0.239. The average Bonchev–Trinajstić information content (AvgIpc) is 3.36. The van der Waals surface area contributed by atoms with Gasteiger partial charge in [-0.05, 0) is 30.2 Å². The monoisotopic (exact) mass is 405 g/mol. The van der Waals surface area contributed by atoms with Crippen LogP contribution < -0.4 is 14.8 Å². The summed E-state index contributed by atoms with van der Waals surface area (Å²) in [4.78, 5) is 17.1. The van der Waals surface area contributed by atoms with Crippen LogP contribution in [0.3, 0.4) is 0 Å². The standard InChI is InChI=1S/C22H23N5O3/c1-27-13-16(15-6-4-5-7-17(15)27)21(28)24-22-23-20(25-26-22)11-9-14-8-10-18(29-2)19(12-14)30-3/h4-8,10,12-13H,9,11H2,1-3H3,(H2,23,24,25,26,28). The van der Waals surface area contributed by atoms with E-state index in [0.717, 1.165) is 22.9 Å². The lowest BCUT2D eigenvalue weighted by molar-refractivity contribution is 0.102. The molecule has 1 amide bonds. The van der Waals surface area contributed by atoms with Crippen LogP contribution in [-0.2, 0) is 19.9 Å². The highest BCUT2D eigenvalue weighted by Gasteiger charge is 2.15. The minimum atomic E-state index is -0.239. The number of fused-ring (bicyclic) bond motifs is 1. The number of carbonyl (C=O) groups is 1. The molecule has 0 spiro atoms. The van der Waals surface area contributed by atoms with Gasteiger partial charge >= 0.3 is 0 Å². The summed E-state index contributed by atoms with van der Waals surface area (Å²) in [5, 5.41) is 10.7. The first kappa shape index (κ1) is 19.5. The third-order valence-electron chi connectivity index (χ3n) is 5.00. The number of carbonyl (C=O) groups excluding carboxylic acids is 1. The fourth-order valence-electron chi connectivity index (χ4n) is 3.45. The van der Waals surface area contributed by atoms with Crippen molar-refractivity contribution in [2.75, 3.05) is 19.5 Å². The van der Waals surface area contributed by atoms with Crippen molar-refractivity contribution in [3.63, 3.8) is 0 Å².